The summed E-state index contributed by atoms with van der Waals surface area (Å²) in [6.45, 7) is 7.38. The average molecular weight is 445 g/mol. The molecule has 4 heterocycles. The first-order chi connectivity index (χ1) is 15.1. The minimum Gasteiger partial charge on any atom is -0.379 e. The van der Waals surface area contributed by atoms with Gasteiger partial charge in [-0.25, -0.2) is 0 Å². The van der Waals surface area contributed by atoms with Gasteiger partial charge in [-0.3, -0.25) is 14.5 Å². The second-order valence-corrected chi connectivity index (χ2v) is 10.2. The molecule has 0 radical (unpaired) electrons. The minimum absolute atomic E-state index is 0.0122. The van der Waals surface area contributed by atoms with Crippen molar-refractivity contribution in [1.82, 2.24) is 19.7 Å². The highest BCUT2D eigenvalue weighted by Crippen LogP contribution is 2.34. The highest BCUT2D eigenvalue weighted by Gasteiger charge is 2.48. The van der Waals surface area contributed by atoms with Gasteiger partial charge in [0.15, 0.2) is 0 Å². The van der Waals surface area contributed by atoms with E-state index in [0.717, 1.165) is 62.3 Å². The molecule has 8 heteroatoms. The predicted octanol–water partition coefficient (Wildman–Crippen LogP) is 2.70. The Morgan fingerprint density at radius 2 is 2.03 bits per heavy atom. The van der Waals surface area contributed by atoms with Crippen LogP contribution in [0.15, 0.2) is 17.5 Å². The zero-order valence-electron chi connectivity index (χ0n) is 18.3. The zero-order valence-corrected chi connectivity index (χ0v) is 19.1. The largest absolute Gasteiger partial charge is 0.379 e. The molecule has 2 aliphatic heterocycles. The number of carbonyl (C=O) groups excluding carboxylic acids is 2. The third-order valence-electron chi connectivity index (χ3n) is 7.19. The first-order valence-corrected chi connectivity index (χ1v) is 12.4. The second-order valence-electron chi connectivity index (χ2n) is 9.28. The molecule has 2 amide bonds. The minimum atomic E-state index is -0.883. The first-order valence-electron chi connectivity index (χ1n) is 11.6. The number of aromatic nitrogens is 1. The number of thiophene rings is 1. The van der Waals surface area contributed by atoms with Crippen LogP contribution in [-0.2, 0) is 16.1 Å². The molecular formula is C23H32N4O3S. The molecule has 7 nitrogen and oxygen atoms in total. The summed E-state index contributed by atoms with van der Waals surface area (Å²) in [5.74, 6) is -0.0393. The summed E-state index contributed by atoms with van der Waals surface area (Å²) >= 11 is 1.64. The van der Waals surface area contributed by atoms with Gasteiger partial charge in [-0.15, -0.1) is 11.3 Å². The molecular weight excluding hydrogens is 412 g/mol. The number of morpholine rings is 1. The predicted molar refractivity (Wildman–Crippen MR) is 122 cm³/mol. The summed E-state index contributed by atoms with van der Waals surface area (Å²) in [6, 6.07) is 4.29. The number of hydrogen-bond acceptors (Lipinski definition) is 5. The molecule has 3 aliphatic rings. The smallest absolute Gasteiger partial charge is 0.271 e. The molecule has 1 unspecified atom stereocenters. The molecule has 5 rings (SSSR count). The van der Waals surface area contributed by atoms with Crippen LogP contribution >= 0.6 is 11.3 Å². The molecule has 2 aromatic rings. The lowest BCUT2D eigenvalue weighted by Crippen LogP contribution is -2.65. The van der Waals surface area contributed by atoms with E-state index in [1.807, 2.05) is 23.3 Å². The van der Waals surface area contributed by atoms with Crippen LogP contribution in [0, 0.1) is 0 Å². The van der Waals surface area contributed by atoms with E-state index in [1.54, 1.807) is 11.3 Å². The molecule has 2 fully saturated rings. The van der Waals surface area contributed by atoms with Gasteiger partial charge in [-0.2, -0.15) is 0 Å². The number of ether oxygens (including phenoxy) is 1. The Balaban J connectivity index is 1.39. The lowest BCUT2D eigenvalue weighted by atomic mass is 9.93. The second kappa shape index (κ2) is 8.56. The van der Waals surface area contributed by atoms with E-state index in [1.165, 1.54) is 12.8 Å². The van der Waals surface area contributed by atoms with E-state index in [9.17, 15) is 9.59 Å². The fraction of sp³-hybridized carbons (Fsp3) is 0.652. The van der Waals surface area contributed by atoms with Gasteiger partial charge >= 0.3 is 0 Å². The molecule has 1 saturated carbocycles. The van der Waals surface area contributed by atoms with Gasteiger partial charge in [0.2, 0.25) is 5.91 Å². The Bertz CT molecular complexity index is 957. The fourth-order valence-electron chi connectivity index (χ4n) is 5.31. The maximum atomic E-state index is 13.6. The van der Waals surface area contributed by atoms with Crippen LogP contribution in [0.5, 0.6) is 0 Å². The fourth-order valence-corrected chi connectivity index (χ4v) is 6.13. The number of rotatable bonds is 6. The Morgan fingerprint density at radius 1 is 1.26 bits per heavy atom. The van der Waals surface area contributed by atoms with Crippen molar-refractivity contribution < 1.29 is 14.3 Å². The van der Waals surface area contributed by atoms with Crippen LogP contribution < -0.4 is 5.32 Å². The molecule has 0 spiro atoms. The number of nitrogens with one attached hydrogen (secondary N) is 1. The molecule has 0 bridgehead atoms. The quantitative estimate of drug-likeness (QED) is 0.744. The van der Waals surface area contributed by atoms with Crippen LogP contribution in [0.3, 0.4) is 0 Å². The number of fused-ring (bicyclic) bond motifs is 3. The summed E-state index contributed by atoms with van der Waals surface area (Å²) in [7, 11) is 0. The van der Waals surface area contributed by atoms with E-state index >= 15 is 0 Å². The van der Waals surface area contributed by atoms with Crippen molar-refractivity contribution >= 4 is 33.4 Å². The van der Waals surface area contributed by atoms with Crippen molar-refractivity contribution in [2.75, 3.05) is 39.4 Å². The van der Waals surface area contributed by atoms with Gasteiger partial charge < -0.3 is 19.5 Å². The average Bonchev–Trinajstić information content (AvgIpc) is 3.50. The van der Waals surface area contributed by atoms with Crippen LogP contribution in [0.4, 0.5) is 0 Å². The molecule has 168 valence electrons. The Morgan fingerprint density at radius 3 is 2.81 bits per heavy atom. The zero-order chi connectivity index (χ0) is 21.4. The van der Waals surface area contributed by atoms with Gasteiger partial charge in [0, 0.05) is 32.2 Å². The molecule has 0 aromatic carbocycles. The maximum Gasteiger partial charge on any atom is 0.271 e. The first kappa shape index (κ1) is 21.0. The summed E-state index contributed by atoms with van der Waals surface area (Å²) in [5.41, 5.74) is 0.881. The van der Waals surface area contributed by atoms with E-state index in [-0.39, 0.29) is 17.9 Å². The van der Waals surface area contributed by atoms with E-state index in [4.69, 9.17) is 4.74 Å². The van der Waals surface area contributed by atoms with Gasteiger partial charge in [-0.05, 0) is 43.7 Å². The maximum absolute atomic E-state index is 13.6. The standard InChI is InChI=1S/C23H32N4O3S/c1-23(22(29)24-17-5-2-3-6-17)16-26-18-7-14-31-20(18)15-19(26)21(28)27(23)9-4-8-25-10-12-30-13-11-25/h7,14-15,17H,2-6,8-13,16H2,1H3,(H,24,29). The number of carbonyl (C=O) groups is 2. The lowest BCUT2D eigenvalue weighted by molar-refractivity contribution is -0.133. The number of nitrogens with zero attached hydrogens (tertiary/aromatic N) is 3. The topological polar surface area (TPSA) is 66.8 Å². The Hall–Kier alpha value is -1.90. The Kier molecular flexibility index (Phi) is 5.79. The SMILES string of the molecule is CC1(C(=O)NC2CCCC2)Cn2c(cc3sccc32)C(=O)N1CCCN1CCOCC1. The third kappa shape index (κ3) is 3.90. The van der Waals surface area contributed by atoms with Crippen LogP contribution in [0.1, 0.15) is 49.5 Å². The lowest BCUT2D eigenvalue weighted by Gasteiger charge is -2.44. The van der Waals surface area contributed by atoms with E-state index < -0.39 is 5.54 Å². The summed E-state index contributed by atoms with van der Waals surface area (Å²) in [4.78, 5) is 31.4. The summed E-state index contributed by atoms with van der Waals surface area (Å²) in [5, 5.41) is 5.32. The number of amides is 2. The van der Waals surface area contributed by atoms with Gasteiger partial charge in [0.1, 0.15) is 11.2 Å². The van der Waals surface area contributed by atoms with Crippen molar-refractivity contribution in [3.63, 3.8) is 0 Å². The van der Waals surface area contributed by atoms with Crippen molar-refractivity contribution in [2.24, 2.45) is 0 Å². The number of hydrogen-bond donors (Lipinski definition) is 1. The van der Waals surface area contributed by atoms with E-state index in [0.29, 0.717) is 18.8 Å². The molecule has 1 atom stereocenters. The van der Waals surface area contributed by atoms with Crippen molar-refractivity contribution in [1.29, 1.82) is 0 Å². The van der Waals surface area contributed by atoms with Crippen LogP contribution in [-0.4, -0.2) is 77.2 Å². The van der Waals surface area contributed by atoms with Crippen molar-refractivity contribution in [3.05, 3.63) is 23.2 Å². The highest BCUT2D eigenvalue weighted by molar-refractivity contribution is 7.17. The molecule has 1 aliphatic carbocycles. The van der Waals surface area contributed by atoms with Crippen LogP contribution in [0.2, 0.25) is 0 Å². The monoisotopic (exact) mass is 444 g/mol. The van der Waals surface area contributed by atoms with Gasteiger partial charge in [0.05, 0.1) is 30.0 Å². The summed E-state index contributed by atoms with van der Waals surface area (Å²) < 4.78 is 8.61. The summed E-state index contributed by atoms with van der Waals surface area (Å²) in [6.07, 6.45) is 5.27. The third-order valence-corrected chi connectivity index (χ3v) is 8.04. The van der Waals surface area contributed by atoms with E-state index in [2.05, 4.69) is 20.9 Å². The van der Waals surface area contributed by atoms with Crippen molar-refractivity contribution in [3.8, 4) is 0 Å². The molecule has 31 heavy (non-hydrogen) atoms. The van der Waals surface area contributed by atoms with Crippen molar-refractivity contribution in [2.45, 2.75) is 57.2 Å². The van der Waals surface area contributed by atoms with Gasteiger partial charge in [0.25, 0.3) is 5.91 Å². The normalized spacial score (nSPS) is 25.3. The Labute approximate surface area is 187 Å². The van der Waals surface area contributed by atoms with Gasteiger partial charge in [-0.1, -0.05) is 12.8 Å². The molecule has 2 aromatic heterocycles. The highest BCUT2D eigenvalue weighted by atomic mass is 32.1. The molecule has 1 N–H and O–H groups in total. The molecule has 1 saturated heterocycles. The van der Waals surface area contributed by atoms with Crippen LogP contribution in [0.25, 0.3) is 10.2 Å².